The highest BCUT2D eigenvalue weighted by atomic mass is 32.1. The van der Waals surface area contributed by atoms with E-state index in [1.807, 2.05) is 36.6 Å². The lowest BCUT2D eigenvalue weighted by Crippen LogP contribution is -2.47. The minimum atomic E-state index is -0.419. The molecular formula is C19H23N3O3S. The van der Waals surface area contributed by atoms with Gasteiger partial charge in [0, 0.05) is 17.1 Å². The fourth-order valence-corrected chi connectivity index (χ4v) is 3.63. The summed E-state index contributed by atoms with van der Waals surface area (Å²) >= 11 is 1.60. The summed E-state index contributed by atoms with van der Waals surface area (Å²) in [4.78, 5) is 27.8. The highest BCUT2D eigenvalue weighted by Crippen LogP contribution is 2.21. The third kappa shape index (κ3) is 4.54. The molecule has 2 N–H and O–H groups in total. The summed E-state index contributed by atoms with van der Waals surface area (Å²) in [6, 6.07) is 10.5. The van der Waals surface area contributed by atoms with Crippen molar-refractivity contribution in [1.82, 2.24) is 10.2 Å². The molecule has 1 aliphatic rings. The van der Waals surface area contributed by atoms with E-state index in [0.29, 0.717) is 31.8 Å². The van der Waals surface area contributed by atoms with Gasteiger partial charge in [-0.1, -0.05) is 6.07 Å². The van der Waals surface area contributed by atoms with Crippen LogP contribution in [0, 0.1) is 0 Å². The molecule has 0 bridgehead atoms. The predicted octanol–water partition coefficient (Wildman–Crippen LogP) is 3.46. The van der Waals surface area contributed by atoms with E-state index < -0.39 is 6.04 Å². The number of carbonyl (C=O) groups excluding carboxylic acids is 2. The number of anilines is 1. The van der Waals surface area contributed by atoms with Crippen LogP contribution in [0.5, 0.6) is 5.75 Å². The van der Waals surface area contributed by atoms with Gasteiger partial charge in [-0.3, -0.25) is 4.79 Å². The number of nitrogens with zero attached hydrogens (tertiary/aromatic N) is 1. The Balaban J connectivity index is 1.56. The van der Waals surface area contributed by atoms with E-state index in [9.17, 15) is 9.59 Å². The van der Waals surface area contributed by atoms with Crippen LogP contribution in [0.2, 0.25) is 0 Å². The first-order chi connectivity index (χ1) is 12.7. The monoisotopic (exact) mass is 373 g/mol. The maximum Gasteiger partial charge on any atom is 0.322 e. The third-order valence-electron chi connectivity index (χ3n) is 4.25. The molecule has 3 amide bonds. The van der Waals surface area contributed by atoms with Gasteiger partial charge in [-0.05, 0) is 55.5 Å². The molecule has 2 heterocycles. The van der Waals surface area contributed by atoms with Gasteiger partial charge in [0.1, 0.15) is 11.8 Å². The second kappa shape index (κ2) is 8.71. The highest BCUT2D eigenvalue weighted by Gasteiger charge is 2.34. The van der Waals surface area contributed by atoms with Crippen LogP contribution in [0.4, 0.5) is 10.5 Å². The van der Waals surface area contributed by atoms with Gasteiger partial charge in [0.15, 0.2) is 0 Å². The minimum Gasteiger partial charge on any atom is -0.494 e. The van der Waals surface area contributed by atoms with Crippen molar-refractivity contribution in [2.24, 2.45) is 0 Å². The van der Waals surface area contributed by atoms with Gasteiger partial charge in [-0.2, -0.15) is 0 Å². The molecular weight excluding hydrogens is 350 g/mol. The van der Waals surface area contributed by atoms with Crippen LogP contribution in [0.3, 0.4) is 0 Å². The number of amides is 3. The summed E-state index contributed by atoms with van der Waals surface area (Å²) in [7, 11) is 0. The van der Waals surface area contributed by atoms with Crippen molar-refractivity contribution in [3.8, 4) is 5.75 Å². The second-order valence-corrected chi connectivity index (χ2v) is 7.07. The van der Waals surface area contributed by atoms with Crippen LogP contribution >= 0.6 is 11.3 Å². The maximum atomic E-state index is 12.6. The van der Waals surface area contributed by atoms with Crippen LogP contribution in [0.1, 0.15) is 24.6 Å². The van der Waals surface area contributed by atoms with Gasteiger partial charge in [-0.25, -0.2) is 4.79 Å². The predicted molar refractivity (Wildman–Crippen MR) is 103 cm³/mol. The smallest absolute Gasteiger partial charge is 0.322 e. The molecule has 3 rings (SSSR count). The van der Waals surface area contributed by atoms with E-state index in [-0.39, 0.29) is 11.9 Å². The molecule has 2 aromatic rings. The number of thiophene rings is 1. The first-order valence-corrected chi connectivity index (χ1v) is 9.66. The van der Waals surface area contributed by atoms with E-state index in [2.05, 4.69) is 10.6 Å². The number of nitrogens with one attached hydrogen (secondary N) is 2. The third-order valence-corrected chi connectivity index (χ3v) is 5.13. The molecule has 1 fully saturated rings. The van der Waals surface area contributed by atoms with E-state index in [1.54, 1.807) is 28.4 Å². The molecule has 0 unspecified atom stereocenters. The molecule has 6 nitrogen and oxygen atoms in total. The second-order valence-electron chi connectivity index (χ2n) is 6.04. The van der Waals surface area contributed by atoms with Crippen LogP contribution in [0.15, 0.2) is 41.8 Å². The number of likely N-dealkylation sites (tertiary alicyclic amines) is 1. The largest absolute Gasteiger partial charge is 0.494 e. The van der Waals surface area contributed by atoms with E-state index in [4.69, 9.17) is 4.74 Å². The van der Waals surface area contributed by atoms with Gasteiger partial charge < -0.3 is 20.3 Å². The molecule has 1 aromatic heterocycles. The van der Waals surface area contributed by atoms with E-state index in [1.165, 1.54) is 0 Å². The Morgan fingerprint density at radius 1 is 1.27 bits per heavy atom. The Hall–Kier alpha value is -2.54. The van der Waals surface area contributed by atoms with E-state index >= 15 is 0 Å². The Morgan fingerprint density at radius 3 is 2.77 bits per heavy atom. The number of urea groups is 1. The average molecular weight is 373 g/mol. The minimum absolute atomic E-state index is 0.0993. The number of benzene rings is 1. The normalized spacial score (nSPS) is 16.3. The van der Waals surface area contributed by atoms with Gasteiger partial charge in [0.05, 0.1) is 13.2 Å². The molecule has 0 spiro atoms. The summed E-state index contributed by atoms with van der Waals surface area (Å²) in [5.74, 6) is 0.662. The van der Waals surface area contributed by atoms with Crippen LogP contribution in [-0.2, 0) is 11.3 Å². The molecule has 1 saturated heterocycles. The zero-order chi connectivity index (χ0) is 18.4. The van der Waals surface area contributed by atoms with Gasteiger partial charge >= 0.3 is 6.03 Å². The maximum absolute atomic E-state index is 12.6. The molecule has 26 heavy (non-hydrogen) atoms. The lowest BCUT2D eigenvalue weighted by Gasteiger charge is -2.24. The molecule has 138 valence electrons. The summed E-state index contributed by atoms with van der Waals surface area (Å²) in [6.07, 6.45) is 1.51. The number of ether oxygens (including phenoxy) is 1. The fourth-order valence-electron chi connectivity index (χ4n) is 2.98. The molecule has 7 heteroatoms. The Labute approximate surface area is 157 Å². The van der Waals surface area contributed by atoms with Gasteiger partial charge in [0.25, 0.3) is 0 Å². The Bertz CT molecular complexity index is 731. The zero-order valence-corrected chi connectivity index (χ0v) is 15.6. The lowest BCUT2D eigenvalue weighted by atomic mass is 10.2. The Morgan fingerprint density at radius 2 is 2.08 bits per heavy atom. The van der Waals surface area contributed by atoms with Crippen LogP contribution in [-0.4, -0.2) is 36.0 Å². The number of hydrogen-bond donors (Lipinski definition) is 2. The zero-order valence-electron chi connectivity index (χ0n) is 14.7. The van der Waals surface area contributed by atoms with Crippen molar-refractivity contribution in [2.75, 3.05) is 18.5 Å². The first-order valence-electron chi connectivity index (χ1n) is 8.78. The Kier molecular flexibility index (Phi) is 6.12. The average Bonchev–Trinajstić information content (AvgIpc) is 3.33. The molecule has 1 atom stereocenters. The molecule has 1 aromatic carbocycles. The number of hydrogen-bond acceptors (Lipinski definition) is 4. The highest BCUT2D eigenvalue weighted by molar-refractivity contribution is 7.09. The van der Waals surface area contributed by atoms with Crippen molar-refractivity contribution < 1.29 is 14.3 Å². The van der Waals surface area contributed by atoms with Crippen molar-refractivity contribution >= 4 is 29.0 Å². The van der Waals surface area contributed by atoms with Crippen molar-refractivity contribution in [2.45, 2.75) is 32.4 Å². The number of carbonyl (C=O) groups is 2. The molecule has 0 saturated carbocycles. The number of rotatable bonds is 6. The summed E-state index contributed by atoms with van der Waals surface area (Å²) in [6.45, 7) is 3.61. The fraction of sp³-hybridized carbons (Fsp3) is 0.368. The quantitative estimate of drug-likeness (QED) is 0.815. The molecule has 1 aliphatic heterocycles. The van der Waals surface area contributed by atoms with Gasteiger partial charge in [0.2, 0.25) is 5.91 Å². The van der Waals surface area contributed by atoms with Crippen molar-refractivity contribution in [3.63, 3.8) is 0 Å². The van der Waals surface area contributed by atoms with Crippen LogP contribution < -0.4 is 15.4 Å². The van der Waals surface area contributed by atoms with Crippen molar-refractivity contribution in [1.29, 1.82) is 0 Å². The van der Waals surface area contributed by atoms with E-state index in [0.717, 1.165) is 17.0 Å². The van der Waals surface area contributed by atoms with Crippen LogP contribution in [0.25, 0.3) is 0 Å². The summed E-state index contributed by atoms with van der Waals surface area (Å²) in [5, 5.41) is 7.77. The SMILES string of the molecule is CCOc1ccc(NC(=O)N2CCC[C@H]2C(=O)NCc2cccs2)cc1. The summed E-state index contributed by atoms with van der Waals surface area (Å²) < 4.78 is 5.40. The van der Waals surface area contributed by atoms with Crippen molar-refractivity contribution in [3.05, 3.63) is 46.7 Å². The molecule has 0 aliphatic carbocycles. The van der Waals surface area contributed by atoms with Gasteiger partial charge in [-0.15, -0.1) is 11.3 Å². The first kappa shape index (κ1) is 18.3. The molecule has 0 radical (unpaired) electrons. The summed E-state index contributed by atoms with van der Waals surface area (Å²) in [5.41, 5.74) is 0.683. The standard InChI is InChI=1S/C19H23N3O3S/c1-2-25-15-9-7-14(8-10-15)21-19(24)22-11-3-6-17(22)18(23)20-13-16-5-4-12-26-16/h4-5,7-10,12,17H,2-3,6,11,13H2,1H3,(H,20,23)(H,21,24)/t17-/m0/s1. The lowest BCUT2D eigenvalue weighted by molar-refractivity contribution is -0.124. The topological polar surface area (TPSA) is 70.7 Å².